The third-order valence-corrected chi connectivity index (χ3v) is 7.75. The van der Waals surface area contributed by atoms with Crippen molar-refractivity contribution in [1.82, 2.24) is 9.80 Å². The molecule has 0 aliphatic carbocycles. The lowest BCUT2D eigenvalue weighted by Crippen LogP contribution is -2.53. The van der Waals surface area contributed by atoms with Crippen molar-refractivity contribution in [3.63, 3.8) is 0 Å². The number of nitrogens with zero attached hydrogens (tertiary/aromatic N) is 2. The van der Waals surface area contributed by atoms with Crippen LogP contribution >= 0.6 is 0 Å². The second kappa shape index (κ2) is 14.9. The fourth-order valence-corrected chi connectivity index (χ4v) is 5.61. The van der Waals surface area contributed by atoms with Gasteiger partial charge in [0, 0.05) is 24.2 Å². The molecular weight excluding hydrogens is 562 g/mol. The zero-order valence-electron chi connectivity index (χ0n) is 23.7. The Morgan fingerprint density at radius 3 is 2.07 bits per heavy atom. The topological polar surface area (TPSA) is 60.9 Å². The van der Waals surface area contributed by atoms with Gasteiger partial charge in [-0.15, -0.1) is 0 Å². The number of carbonyl (C=O) groups is 2. The zero-order valence-corrected chi connectivity index (χ0v) is 23.7. The molecule has 0 spiro atoms. The molecule has 0 bridgehead atoms. The number of hydrogen-bond donors (Lipinski definition) is 1. The SMILES string of the molecule is CCCCCCCCN(CC(=O)O)[C@H]1CCN(C(=O)c2cc(C(F)(F)F)cc(C(F)(F)F)c2)[C@H](Cc2ccccc2)C1. The molecule has 1 aliphatic rings. The average Bonchev–Trinajstić information content (AvgIpc) is 2.93. The van der Waals surface area contributed by atoms with E-state index in [2.05, 4.69) is 6.92 Å². The summed E-state index contributed by atoms with van der Waals surface area (Å²) in [7, 11) is 0. The van der Waals surface area contributed by atoms with E-state index in [1.807, 2.05) is 23.1 Å². The molecule has 1 heterocycles. The lowest BCUT2D eigenvalue weighted by atomic mass is 9.90. The maximum Gasteiger partial charge on any atom is 0.416 e. The Bertz CT molecular complexity index is 1140. The van der Waals surface area contributed by atoms with Crippen molar-refractivity contribution in [3.05, 3.63) is 70.8 Å². The van der Waals surface area contributed by atoms with Crippen molar-refractivity contribution in [1.29, 1.82) is 0 Å². The Morgan fingerprint density at radius 1 is 0.905 bits per heavy atom. The van der Waals surface area contributed by atoms with Gasteiger partial charge in [-0.3, -0.25) is 14.5 Å². The van der Waals surface area contributed by atoms with E-state index < -0.39 is 47.0 Å². The smallest absolute Gasteiger partial charge is 0.416 e. The van der Waals surface area contributed by atoms with E-state index in [0.29, 0.717) is 37.9 Å². The van der Waals surface area contributed by atoms with Crippen molar-refractivity contribution < 1.29 is 41.0 Å². The van der Waals surface area contributed by atoms with Gasteiger partial charge in [0.15, 0.2) is 0 Å². The number of unbranched alkanes of at least 4 members (excludes halogenated alkanes) is 5. The highest BCUT2D eigenvalue weighted by molar-refractivity contribution is 5.95. The number of rotatable bonds is 13. The van der Waals surface area contributed by atoms with Gasteiger partial charge in [0.25, 0.3) is 5.91 Å². The normalized spacial score (nSPS) is 18.0. The largest absolute Gasteiger partial charge is 0.480 e. The molecule has 0 saturated carbocycles. The first-order valence-electron chi connectivity index (χ1n) is 14.4. The molecule has 3 rings (SSSR count). The van der Waals surface area contributed by atoms with Crippen LogP contribution in [0.2, 0.25) is 0 Å². The van der Waals surface area contributed by atoms with Crippen molar-refractivity contribution in [2.75, 3.05) is 19.6 Å². The molecule has 1 amide bonds. The van der Waals surface area contributed by atoms with Gasteiger partial charge in [0.1, 0.15) is 0 Å². The number of hydrogen-bond acceptors (Lipinski definition) is 3. The first-order chi connectivity index (χ1) is 19.8. The number of halogens is 6. The molecule has 1 saturated heterocycles. The standard InChI is InChI=1S/C31H38F6N2O3/c1-2-3-4-5-6-10-14-38(21-28(40)41)26-13-15-39(27(20-26)16-22-11-8-7-9-12-22)29(42)23-17-24(30(32,33)34)19-25(18-23)31(35,36)37/h7-9,11-12,17-19,26-27H,2-6,10,13-16,20-21H2,1H3,(H,40,41)/t26-,27+/m0/s1. The monoisotopic (exact) mass is 600 g/mol. The first-order valence-corrected chi connectivity index (χ1v) is 14.4. The van der Waals surface area contributed by atoms with E-state index in [0.717, 1.165) is 44.1 Å². The molecule has 1 aliphatic heterocycles. The van der Waals surface area contributed by atoms with Gasteiger partial charge in [-0.2, -0.15) is 26.3 Å². The van der Waals surface area contributed by atoms with Crippen LogP contribution in [-0.2, 0) is 23.6 Å². The molecule has 11 heteroatoms. The molecule has 2 atom stereocenters. The number of carboxylic acids is 1. The Labute approximate surface area is 242 Å². The van der Waals surface area contributed by atoms with Gasteiger partial charge in [-0.25, -0.2) is 0 Å². The van der Waals surface area contributed by atoms with Crippen LogP contribution in [0.3, 0.4) is 0 Å². The van der Waals surface area contributed by atoms with Crippen molar-refractivity contribution in [3.8, 4) is 0 Å². The number of benzene rings is 2. The van der Waals surface area contributed by atoms with Crippen LogP contribution in [0.5, 0.6) is 0 Å². The van der Waals surface area contributed by atoms with Crippen molar-refractivity contribution in [2.24, 2.45) is 0 Å². The van der Waals surface area contributed by atoms with Gasteiger partial charge in [-0.1, -0.05) is 69.4 Å². The molecule has 0 radical (unpaired) electrons. The first kappa shape index (κ1) is 33.4. The zero-order chi connectivity index (χ0) is 30.9. The lowest BCUT2D eigenvalue weighted by molar-refractivity contribution is -0.143. The molecule has 2 aromatic rings. The maximum absolute atomic E-state index is 13.6. The highest BCUT2D eigenvalue weighted by Gasteiger charge is 2.40. The van der Waals surface area contributed by atoms with Gasteiger partial charge in [-0.05, 0) is 56.0 Å². The number of amides is 1. The number of likely N-dealkylation sites (tertiary alicyclic amines) is 1. The van der Waals surface area contributed by atoms with Gasteiger partial charge in [0.05, 0.1) is 17.7 Å². The van der Waals surface area contributed by atoms with Gasteiger partial charge >= 0.3 is 18.3 Å². The minimum Gasteiger partial charge on any atom is -0.480 e. The maximum atomic E-state index is 13.6. The Balaban J connectivity index is 1.88. The molecule has 2 aromatic carbocycles. The molecule has 232 valence electrons. The van der Waals surface area contributed by atoms with E-state index >= 15 is 0 Å². The lowest BCUT2D eigenvalue weighted by Gasteiger charge is -2.43. The Morgan fingerprint density at radius 2 is 1.50 bits per heavy atom. The molecule has 42 heavy (non-hydrogen) atoms. The summed E-state index contributed by atoms with van der Waals surface area (Å²) in [6, 6.07) is 9.29. The van der Waals surface area contributed by atoms with Crippen LogP contribution in [0.25, 0.3) is 0 Å². The second-order valence-corrected chi connectivity index (χ2v) is 10.9. The minimum absolute atomic E-state index is 0.0104. The molecule has 1 N–H and O–H groups in total. The van der Waals surface area contributed by atoms with Crippen molar-refractivity contribution >= 4 is 11.9 Å². The quantitative estimate of drug-likeness (QED) is 0.189. The Hall–Kier alpha value is -3.08. The summed E-state index contributed by atoms with van der Waals surface area (Å²) in [6.45, 7) is 2.57. The summed E-state index contributed by atoms with van der Waals surface area (Å²) in [5, 5.41) is 9.57. The fourth-order valence-electron chi connectivity index (χ4n) is 5.61. The minimum atomic E-state index is -5.07. The summed E-state index contributed by atoms with van der Waals surface area (Å²) in [5.41, 5.74) is -2.91. The van der Waals surface area contributed by atoms with Crippen LogP contribution in [0.1, 0.15) is 85.3 Å². The summed E-state index contributed by atoms with van der Waals surface area (Å²) >= 11 is 0. The van der Waals surface area contributed by atoms with E-state index in [4.69, 9.17) is 0 Å². The van der Waals surface area contributed by atoms with E-state index in [9.17, 15) is 41.0 Å². The van der Waals surface area contributed by atoms with Gasteiger partial charge < -0.3 is 10.0 Å². The van der Waals surface area contributed by atoms with Gasteiger partial charge in [0.2, 0.25) is 0 Å². The Kier molecular flexibility index (Phi) is 11.8. The number of carboxylic acid groups (broad SMARTS) is 1. The third-order valence-electron chi connectivity index (χ3n) is 7.75. The predicted octanol–water partition coefficient (Wildman–Crippen LogP) is 7.69. The summed E-state index contributed by atoms with van der Waals surface area (Å²) in [5.74, 6) is -1.89. The van der Waals surface area contributed by atoms with E-state index in [1.54, 1.807) is 12.1 Å². The molecule has 0 aromatic heterocycles. The number of carbonyl (C=O) groups excluding carboxylic acids is 1. The summed E-state index contributed by atoms with van der Waals surface area (Å²) in [6.07, 6.45) is -2.93. The number of alkyl halides is 6. The average molecular weight is 601 g/mol. The molecule has 5 nitrogen and oxygen atoms in total. The summed E-state index contributed by atoms with van der Waals surface area (Å²) in [4.78, 5) is 28.5. The highest BCUT2D eigenvalue weighted by Crippen LogP contribution is 2.37. The van der Waals surface area contributed by atoms with Crippen LogP contribution in [0.15, 0.2) is 48.5 Å². The summed E-state index contributed by atoms with van der Waals surface area (Å²) < 4.78 is 81.0. The predicted molar refractivity (Wildman–Crippen MR) is 147 cm³/mol. The van der Waals surface area contributed by atoms with Crippen LogP contribution < -0.4 is 0 Å². The third kappa shape index (κ3) is 9.74. The van der Waals surface area contributed by atoms with Crippen molar-refractivity contribution in [2.45, 2.75) is 89.1 Å². The van der Waals surface area contributed by atoms with Crippen LogP contribution in [0.4, 0.5) is 26.3 Å². The van der Waals surface area contributed by atoms with Crippen LogP contribution in [-0.4, -0.2) is 58.5 Å². The molecule has 1 fully saturated rings. The fraction of sp³-hybridized carbons (Fsp3) is 0.548. The molecule has 0 unspecified atom stereocenters. The van der Waals surface area contributed by atoms with Crippen LogP contribution in [0, 0.1) is 0 Å². The van der Waals surface area contributed by atoms with E-state index in [1.165, 1.54) is 4.90 Å². The highest BCUT2D eigenvalue weighted by atomic mass is 19.4. The number of aliphatic carboxylic acids is 1. The second-order valence-electron chi connectivity index (χ2n) is 10.9. The molecular formula is C31H38F6N2O3. The number of piperidine rings is 1. The van der Waals surface area contributed by atoms with E-state index in [-0.39, 0.29) is 25.2 Å².